The first-order chi connectivity index (χ1) is 9.06. The highest BCUT2D eigenvalue weighted by Crippen LogP contribution is 2.44. The molecule has 2 atom stereocenters. The lowest BCUT2D eigenvalue weighted by molar-refractivity contribution is 0.322. The Labute approximate surface area is 125 Å². The van der Waals surface area contributed by atoms with E-state index >= 15 is 0 Å². The second-order valence-electron chi connectivity index (χ2n) is 6.04. The summed E-state index contributed by atoms with van der Waals surface area (Å²) in [5.41, 5.74) is 1.32. The number of nitrogens with one attached hydrogen (secondary N) is 1. The first-order valence-corrected chi connectivity index (χ1v) is 8.31. The third-order valence-electron chi connectivity index (χ3n) is 4.08. The number of nitrogens with zero attached hydrogens (tertiary/aromatic N) is 2. The molecular formula is C15H26BrN3. The molecule has 2 rings (SSSR count). The van der Waals surface area contributed by atoms with Crippen molar-refractivity contribution < 1.29 is 0 Å². The molecule has 0 amide bonds. The molecule has 1 aliphatic carbocycles. The minimum atomic E-state index is 0.402. The smallest absolute Gasteiger partial charge is 0.0701 e. The van der Waals surface area contributed by atoms with Crippen molar-refractivity contribution in [3.63, 3.8) is 0 Å². The van der Waals surface area contributed by atoms with Gasteiger partial charge in [-0.25, -0.2) is 0 Å². The van der Waals surface area contributed by atoms with Crippen LogP contribution in [0.25, 0.3) is 0 Å². The Morgan fingerprint density at radius 3 is 2.63 bits per heavy atom. The van der Waals surface area contributed by atoms with E-state index in [1.54, 1.807) is 0 Å². The molecule has 2 unspecified atom stereocenters. The lowest BCUT2D eigenvalue weighted by atomic mass is 9.93. The van der Waals surface area contributed by atoms with Crippen LogP contribution in [0.2, 0.25) is 0 Å². The fourth-order valence-corrected chi connectivity index (χ4v) is 3.30. The lowest BCUT2D eigenvalue weighted by Crippen LogP contribution is -2.31. The maximum atomic E-state index is 4.54. The van der Waals surface area contributed by atoms with E-state index in [-0.39, 0.29) is 0 Å². The fraction of sp³-hybridized carbons (Fsp3) is 0.800. The molecule has 19 heavy (non-hydrogen) atoms. The Bertz CT molecular complexity index is 410. The zero-order valence-electron chi connectivity index (χ0n) is 12.5. The van der Waals surface area contributed by atoms with Gasteiger partial charge in [0, 0.05) is 6.04 Å². The van der Waals surface area contributed by atoms with Gasteiger partial charge < -0.3 is 5.32 Å². The summed E-state index contributed by atoms with van der Waals surface area (Å²) in [6.45, 7) is 10.1. The van der Waals surface area contributed by atoms with Gasteiger partial charge in [-0.3, -0.25) is 4.68 Å². The number of aromatic nitrogens is 2. The van der Waals surface area contributed by atoms with Crippen molar-refractivity contribution in [1.82, 2.24) is 15.1 Å². The van der Waals surface area contributed by atoms with E-state index in [1.807, 2.05) is 6.20 Å². The molecule has 4 heteroatoms. The Hall–Kier alpha value is -0.350. The highest BCUT2D eigenvalue weighted by Gasteiger charge is 2.36. The molecule has 1 fully saturated rings. The van der Waals surface area contributed by atoms with Gasteiger partial charge in [0.2, 0.25) is 0 Å². The molecule has 108 valence electrons. The van der Waals surface area contributed by atoms with Gasteiger partial charge in [0.15, 0.2) is 0 Å². The van der Waals surface area contributed by atoms with Crippen LogP contribution in [-0.4, -0.2) is 16.3 Å². The normalized spacial score (nSPS) is 18.8. The highest BCUT2D eigenvalue weighted by molar-refractivity contribution is 9.10. The van der Waals surface area contributed by atoms with Crippen LogP contribution >= 0.6 is 15.9 Å². The summed E-state index contributed by atoms with van der Waals surface area (Å²) >= 11 is 3.69. The van der Waals surface area contributed by atoms with Crippen molar-refractivity contribution >= 4 is 15.9 Å². The van der Waals surface area contributed by atoms with Gasteiger partial charge in [-0.1, -0.05) is 13.8 Å². The zero-order chi connectivity index (χ0) is 14.0. The lowest BCUT2D eigenvalue weighted by Gasteiger charge is -2.27. The van der Waals surface area contributed by atoms with Gasteiger partial charge in [-0.05, 0) is 67.4 Å². The van der Waals surface area contributed by atoms with Crippen LogP contribution in [0.15, 0.2) is 10.7 Å². The first kappa shape index (κ1) is 15.0. The fourth-order valence-electron chi connectivity index (χ4n) is 2.78. The van der Waals surface area contributed by atoms with Gasteiger partial charge in [0.05, 0.1) is 22.4 Å². The molecule has 0 radical (unpaired) electrons. The number of halogens is 1. The Morgan fingerprint density at radius 2 is 2.11 bits per heavy atom. The number of hydrogen-bond donors (Lipinski definition) is 1. The van der Waals surface area contributed by atoms with E-state index in [1.165, 1.54) is 25.0 Å². The molecule has 0 saturated heterocycles. The molecule has 1 aromatic rings. The van der Waals surface area contributed by atoms with Crippen molar-refractivity contribution in [2.24, 2.45) is 11.8 Å². The van der Waals surface area contributed by atoms with E-state index in [0.29, 0.717) is 18.0 Å². The van der Waals surface area contributed by atoms with Crippen molar-refractivity contribution in [1.29, 1.82) is 0 Å². The van der Waals surface area contributed by atoms with Crippen LogP contribution in [0.5, 0.6) is 0 Å². The van der Waals surface area contributed by atoms with E-state index in [0.717, 1.165) is 16.9 Å². The van der Waals surface area contributed by atoms with Gasteiger partial charge in [0.1, 0.15) is 0 Å². The Balaban J connectivity index is 2.27. The summed E-state index contributed by atoms with van der Waals surface area (Å²) in [5, 5.41) is 8.27. The summed E-state index contributed by atoms with van der Waals surface area (Å²) in [6.07, 6.45) is 5.88. The monoisotopic (exact) mass is 327 g/mol. The highest BCUT2D eigenvalue weighted by atomic mass is 79.9. The first-order valence-electron chi connectivity index (χ1n) is 7.52. The van der Waals surface area contributed by atoms with E-state index in [2.05, 4.69) is 58.7 Å². The van der Waals surface area contributed by atoms with Crippen molar-refractivity contribution in [3.05, 3.63) is 16.4 Å². The second kappa shape index (κ2) is 6.40. The van der Waals surface area contributed by atoms with E-state index in [9.17, 15) is 0 Å². The largest absolute Gasteiger partial charge is 0.308 e. The second-order valence-corrected chi connectivity index (χ2v) is 6.90. The SMILES string of the molecule is CCCNC(c1c(Br)cnn1C(C)C)C(C)C1CC1. The molecule has 1 heterocycles. The van der Waals surface area contributed by atoms with Crippen LogP contribution < -0.4 is 5.32 Å². The zero-order valence-corrected chi connectivity index (χ0v) is 14.1. The predicted octanol–water partition coefficient (Wildman–Crippen LogP) is 4.31. The standard InChI is InChI=1S/C15H26BrN3/c1-5-8-17-14(11(4)12-6-7-12)15-13(16)9-18-19(15)10(2)3/h9-12,14,17H,5-8H2,1-4H3. The molecule has 1 aromatic heterocycles. The molecular weight excluding hydrogens is 302 g/mol. The molecule has 1 N–H and O–H groups in total. The molecule has 1 aliphatic rings. The van der Waals surface area contributed by atoms with Crippen molar-refractivity contribution in [3.8, 4) is 0 Å². The van der Waals surface area contributed by atoms with Crippen molar-refractivity contribution in [2.45, 2.75) is 59.0 Å². The number of rotatable bonds is 7. The minimum absolute atomic E-state index is 0.402. The molecule has 0 spiro atoms. The molecule has 0 aliphatic heterocycles. The molecule has 1 saturated carbocycles. The summed E-state index contributed by atoms with van der Waals surface area (Å²) in [7, 11) is 0. The van der Waals surface area contributed by atoms with Crippen LogP contribution in [0, 0.1) is 11.8 Å². The predicted molar refractivity (Wildman–Crippen MR) is 83.2 cm³/mol. The molecule has 0 aromatic carbocycles. The van der Waals surface area contributed by atoms with Crippen LogP contribution in [0.3, 0.4) is 0 Å². The molecule has 3 nitrogen and oxygen atoms in total. The average molecular weight is 328 g/mol. The maximum absolute atomic E-state index is 4.54. The van der Waals surface area contributed by atoms with Gasteiger partial charge >= 0.3 is 0 Å². The van der Waals surface area contributed by atoms with Gasteiger partial charge in [-0.15, -0.1) is 0 Å². The van der Waals surface area contributed by atoms with Gasteiger partial charge in [-0.2, -0.15) is 5.10 Å². The Morgan fingerprint density at radius 1 is 1.42 bits per heavy atom. The quantitative estimate of drug-likeness (QED) is 0.808. The Kier molecular flexibility index (Phi) is 5.07. The van der Waals surface area contributed by atoms with Gasteiger partial charge in [0.25, 0.3) is 0 Å². The summed E-state index contributed by atoms with van der Waals surface area (Å²) < 4.78 is 3.30. The summed E-state index contributed by atoms with van der Waals surface area (Å²) in [4.78, 5) is 0. The minimum Gasteiger partial charge on any atom is -0.308 e. The molecule has 0 bridgehead atoms. The van der Waals surface area contributed by atoms with E-state index in [4.69, 9.17) is 0 Å². The van der Waals surface area contributed by atoms with Crippen LogP contribution in [0.1, 0.15) is 64.7 Å². The van der Waals surface area contributed by atoms with Crippen molar-refractivity contribution in [2.75, 3.05) is 6.54 Å². The van der Waals surface area contributed by atoms with E-state index < -0.39 is 0 Å². The van der Waals surface area contributed by atoms with Crippen LogP contribution in [-0.2, 0) is 0 Å². The third kappa shape index (κ3) is 3.40. The maximum Gasteiger partial charge on any atom is 0.0701 e. The third-order valence-corrected chi connectivity index (χ3v) is 4.69. The number of hydrogen-bond acceptors (Lipinski definition) is 2. The summed E-state index contributed by atoms with van der Waals surface area (Å²) in [6, 6.07) is 0.811. The average Bonchev–Trinajstić information content (AvgIpc) is 3.14. The topological polar surface area (TPSA) is 29.9 Å². The van der Waals surface area contributed by atoms with Crippen LogP contribution in [0.4, 0.5) is 0 Å². The summed E-state index contributed by atoms with van der Waals surface area (Å²) in [5.74, 6) is 1.56.